The number of nitrogens with zero attached hydrogens (tertiary/aromatic N) is 1. The molecule has 1 fully saturated rings. The average molecular weight is 289 g/mol. The van der Waals surface area contributed by atoms with Gasteiger partial charge in [0.1, 0.15) is 0 Å². The number of hydrogen-bond donors (Lipinski definition) is 2. The molecule has 2 N–H and O–H groups in total. The summed E-state index contributed by atoms with van der Waals surface area (Å²) in [5, 5.41) is 5.91. The molecule has 1 aliphatic heterocycles. The van der Waals surface area contributed by atoms with Crippen molar-refractivity contribution in [3.05, 3.63) is 23.8 Å². The van der Waals surface area contributed by atoms with Crippen LogP contribution in [0.4, 0.5) is 11.4 Å². The third-order valence-electron chi connectivity index (χ3n) is 3.79. The highest BCUT2D eigenvalue weighted by atomic mass is 16.2. The summed E-state index contributed by atoms with van der Waals surface area (Å²) in [7, 11) is 1.83. The van der Waals surface area contributed by atoms with Gasteiger partial charge in [0, 0.05) is 36.8 Å². The van der Waals surface area contributed by atoms with Crippen LogP contribution in [0.25, 0.3) is 0 Å². The fourth-order valence-electron chi connectivity index (χ4n) is 2.60. The molecule has 1 saturated heterocycles. The monoisotopic (exact) mass is 289 g/mol. The van der Waals surface area contributed by atoms with E-state index in [0.29, 0.717) is 13.0 Å². The number of carbonyl (C=O) groups is 2. The molecular weight excluding hydrogens is 266 g/mol. The molecule has 1 heterocycles. The smallest absolute Gasteiger partial charge is 0.228 e. The molecule has 0 aliphatic carbocycles. The predicted octanol–water partition coefficient (Wildman–Crippen LogP) is 1.92. The molecule has 0 spiro atoms. The van der Waals surface area contributed by atoms with Crippen LogP contribution in [-0.4, -0.2) is 32.0 Å². The van der Waals surface area contributed by atoms with E-state index in [-0.39, 0.29) is 17.7 Å². The van der Waals surface area contributed by atoms with Gasteiger partial charge in [0.15, 0.2) is 0 Å². The van der Waals surface area contributed by atoms with Crippen LogP contribution >= 0.6 is 0 Å². The Morgan fingerprint density at radius 1 is 1.43 bits per heavy atom. The molecule has 5 heteroatoms. The lowest BCUT2D eigenvalue weighted by Crippen LogP contribution is -2.28. The first-order chi connectivity index (χ1) is 10.0. The Morgan fingerprint density at radius 2 is 2.19 bits per heavy atom. The fourth-order valence-corrected chi connectivity index (χ4v) is 2.60. The van der Waals surface area contributed by atoms with Crippen molar-refractivity contribution in [3.8, 4) is 0 Å². The molecule has 2 rings (SSSR count). The van der Waals surface area contributed by atoms with Crippen molar-refractivity contribution in [3.63, 3.8) is 0 Å². The van der Waals surface area contributed by atoms with E-state index in [1.165, 1.54) is 0 Å². The Bertz CT molecular complexity index is 542. The second kappa shape index (κ2) is 6.72. The summed E-state index contributed by atoms with van der Waals surface area (Å²) < 4.78 is 0. The summed E-state index contributed by atoms with van der Waals surface area (Å²) in [6.07, 6.45) is 1.54. The van der Waals surface area contributed by atoms with Gasteiger partial charge in [0.05, 0.1) is 0 Å². The van der Waals surface area contributed by atoms with Gasteiger partial charge in [-0.05, 0) is 44.2 Å². The lowest BCUT2D eigenvalue weighted by atomic mass is 10.1. The maximum atomic E-state index is 12.0. The van der Waals surface area contributed by atoms with Crippen LogP contribution in [-0.2, 0) is 9.59 Å². The first-order valence-electron chi connectivity index (χ1n) is 7.39. The second-order valence-electron chi connectivity index (χ2n) is 5.60. The van der Waals surface area contributed by atoms with E-state index in [4.69, 9.17) is 0 Å². The zero-order valence-corrected chi connectivity index (χ0v) is 12.9. The van der Waals surface area contributed by atoms with E-state index in [2.05, 4.69) is 10.6 Å². The molecule has 0 radical (unpaired) electrons. The molecule has 1 aromatic rings. The van der Waals surface area contributed by atoms with Crippen LogP contribution in [0.5, 0.6) is 0 Å². The summed E-state index contributed by atoms with van der Waals surface area (Å²) in [5.74, 6) is 0.0846. The maximum Gasteiger partial charge on any atom is 0.228 e. The van der Waals surface area contributed by atoms with Crippen molar-refractivity contribution >= 4 is 23.2 Å². The minimum Gasteiger partial charge on any atom is -0.326 e. The van der Waals surface area contributed by atoms with Crippen molar-refractivity contribution in [2.45, 2.75) is 26.7 Å². The third-order valence-corrected chi connectivity index (χ3v) is 3.79. The Kier molecular flexibility index (Phi) is 4.96. The van der Waals surface area contributed by atoms with Gasteiger partial charge in [-0.1, -0.05) is 6.92 Å². The molecule has 5 nitrogen and oxygen atoms in total. The number of carbonyl (C=O) groups excluding carboxylic acids is 2. The minimum absolute atomic E-state index is 0.00579. The molecule has 21 heavy (non-hydrogen) atoms. The van der Waals surface area contributed by atoms with E-state index in [9.17, 15) is 9.59 Å². The number of aryl methyl sites for hydroxylation is 1. The summed E-state index contributed by atoms with van der Waals surface area (Å²) in [5.41, 5.74) is 2.72. The highest BCUT2D eigenvalue weighted by Crippen LogP contribution is 2.27. The van der Waals surface area contributed by atoms with Gasteiger partial charge < -0.3 is 15.5 Å². The number of anilines is 2. The predicted molar refractivity (Wildman–Crippen MR) is 84.5 cm³/mol. The number of amides is 2. The van der Waals surface area contributed by atoms with Gasteiger partial charge in [-0.15, -0.1) is 0 Å². The van der Waals surface area contributed by atoms with E-state index in [1.54, 1.807) is 0 Å². The van der Waals surface area contributed by atoms with Crippen LogP contribution in [0, 0.1) is 12.8 Å². The standard InChI is InChI=1S/C16H23N3O2/c1-11-9-13(18-16(21)12(2)10-17-3)6-7-14(11)19-8-4-5-15(19)20/h6-7,9,12,17H,4-5,8,10H2,1-3H3,(H,18,21). The lowest BCUT2D eigenvalue weighted by molar-refractivity contribution is -0.119. The highest BCUT2D eigenvalue weighted by molar-refractivity contribution is 5.97. The van der Waals surface area contributed by atoms with Gasteiger partial charge in [0.25, 0.3) is 0 Å². The molecule has 1 aromatic carbocycles. The van der Waals surface area contributed by atoms with E-state index in [0.717, 1.165) is 29.9 Å². The van der Waals surface area contributed by atoms with Gasteiger partial charge in [0.2, 0.25) is 11.8 Å². The normalized spacial score (nSPS) is 16.1. The van der Waals surface area contributed by atoms with Crippen molar-refractivity contribution in [1.82, 2.24) is 5.32 Å². The first kappa shape index (κ1) is 15.5. The Labute approximate surface area is 125 Å². The number of hydrogen-bond acceptors (Lipinski definition) is 3. The molecule has 0 saturated carbocycles. The molecule has 1 atom stereocenters. The summed E-state index contributed by atoms with van der Waals surface area (Å²) in [6, 6.07) is 5.69. The fraction of sp³-hybridized carbons (Fsp3) is 0.500. The zero-order chi connectivity index (χ0) is 15.4. The molecule has 0 bridgehead atoms. The van der Waals surface area contributed by atoms with Crippen LogP contribution in [0.2, 0.25) is 0 Å². The average Bonchev–Trinajstić information content (AvgIpc) is 2.85. The van der Waals surface area contributed by atoms with Crippen LogP contribution in [0.1, 0.15) is 25.3 Å². The lowest BCUT2D eigenvalue weighted by Gasteiger charge is -2.19. The van der Waals surface area contributed by atoms with E-state index in [1.807, 2.05) is 44.0 Å². The van der Waals surface area contributed by atoms with Crippen LogP contribution < -0.4 is 15.5 Å². The van der Waals surface area contributed by atoms with Crippen LogP contribution in [0.15, 0.2) is 18.2 Å². The molecule has 114 valence electrons. The summed E-state index contributed by atoms with van der Waals surface area (Å²) in [6.45, 7) is 5.28. The van der Waals surface area contributed by atoms with Gasteiger partial charge in [-0.25, -0.2) is 0 Å². The third kappa shape index (κ3) is 3.61. The minimum atomic E-state index is -0.0878. The highest BCUT2D eigenvalue weighted by Gasteiger charge is 2.23. The SMILES string of the molecule is CNCC(C)C(=O)Nc1ccc(N2CCCC2=O)c(C)c1. The number of nitrogens with one attached hydrogen (secondary N) is 2. The van der Waals surface area contributed by atoms with Gasteiger partial charge in [-0.2, -0.15) is 0 Å². The Hall–Kier alpha value is -1.88. The molecule has 1 unspecified atom stereocenters. The topological polar surface area (TPSA) is 61.4 Å². The first-order valence-corrected chi connectivity index (χ1v) is 7.39. The summed E-state index contributed by atoms with van der Waals surface area (Å²) >= 11 is 0. The molecular formula is C16H23N3O2. The molecule has 1 aliphatic rings. The van der Waals surface area contributed by atoms with Crippen LogP contribution in [0.3, 0.4) is 0 Å². The quantitative estimate of drug-likeness (QED) is 0.870. The molecule has 0 aromatic heterocycles. The maximum absolute atomic E-state index is 12.0. The van der Waals surface area contributed by atoms with E-state index < -0.39 is 0 Å². The summed E-state index contributed by atoms with van der Waals surface area (Å²) in [4.78, 5) is 25.6. The van der Waals surface area contributed by atoms with Crippen molar-refractivity contribution in [2.75, 3.05) is 30.4 Å². The Morgan fingerprint density at radius 3 is 2.76 bits per heavy atom. The van der Waals surface area contributed by atoms with E-state index >= 15 is 0 Å². The largest absolute Gasteiger partial charge is 0.326 e. The number of benzene rings is 1. The van der Waals surface area contributed by atoms with Crippen molar-refractivity contribution < 1.29 is 9.59 Å². The van der Waals surface area contributed by atoms with Crippen molar-refractivity contribution in [2.24, 2.45) is 5.92 Å². The van der Waals surface area contributed by atoms with Gasteiger partial charge in [-0.3, -0.25) is 9.59 Å². The zero-order valence-electron chi connectivity index (χ0n) is 12.9. The van der Waals surface area contributed by atoms with Crippen molar-refractivity contribution in [1.29, 1.82) is 0 Å². The Balaban J connectivity index is 2.08. The second-order valence-corrected chi connectivity index (χ2v) is 5.60. The molecule has 2 amide bonds. The number of rotatable bonds is 5. The van der Waals surface area contributed by atoms with Gasteiger partial charge >= 0.3 is 0 Å².